The first-order valence-electron chi connectivity index (χ1n) is 11.6. The molecule has 1 atom stereocenters. The van der Waals surface area contributed by atoms with Gasteiger partial charge in [0.1, 0.15) is 0 Å². The Bertz CT molecular complexity index is 401. The number of aliphatic hydroxyl groups excluding tert-OH is 1. The van der Waals surface area contributed by atoms with Crippen LogP contribution in [0.15, 0.2) is 0 Å². The van der Waals surface area contributed by atoms with Gasteiger partial charge in [-0.1, -0.05) is 110 Å². The molecule has 0 fully saturated rings. The summed E-state index contributed by atoms with van der Waals surface area (Å²) in [5, 5.41) is 8.03. The van der Waals surface area contributed by atoms with Crippen molar-refractivity contribution in [1.82, 2.24) is 0 Å². The van der Waals surface area contributed by atoms with Crippen LogP contribution in [0.5, 0.6) is 0 Å². The fourth-order valence-corrected chi connectivity index (χ4v) is 4.57. The maximum absolute atomic E-state index is 11.4. The van der Waals surface area contributed by atoms with Crippen molar-refractivity contribution < 1.29 is 47.6 Å². The van der Waals surface area contributed by atoms with Crippen LogP contribution >= 0.6 is 0 Å². The molecule has 0 amide bonds. The Morgan fingerprint density at radius 2 is 0.964 bits per heavy atom. The molecule has 0 aromatic rings. The first kappa shape index (κ1) is 31.1. The van der Waals surface area contributed by atoms with Crippen molar-refractivity contribution >= 4 is 10.1 Å². The Morgan fingerprint density at radius 1 is 0.643 bits per heavy atom. The van der Waals surface area contributed by atoms with Crippen molar-refractivity contribution in [3.63, 3.8) is 0 Å². The molecule has 1 unspecified atom stereocenters. The van der Waals surface area contributed by atoms with Crippen LogP contribution in [-0.4, -0.2) is 29.9 Å². The van der Waals surface area contributed by atoms with Gasteiger partial charge in [-0.25, -0.2) is 8.42 Å². The summed E-state index contributed by atoms with van der Waals surface area (Å²) in [4.78, 5) is 0. The van der Waals surface area contributed by atoms with Gasteiger partial charge in [0.2, 0.25) is 0 Å². The molecule has 0 saturated heterocycles. The van der Waals surface area contributed by atoms with Gasteiger partial charge >= 0.3 is 29.6 Å². The van der Waals surface area contributed by atoms with E-state index in [1.807, 2.05) is 0 Å². The van der Waals surface area contributed by atoms with Crippen LogP contribution in [0.3, 0.4) is 0 Å². The molecule has 28 heavy (non-hydrogen) atoms. The molecule has 0 bridgehead atoms. The van der Waals surface area contributed by atoms with Crippen molar-refractivity contribution in [1.29, 1.82) is 0 Å². The average Bonchev–Trinajstić information content (AvgIpc) is 2.62. The minimum atomic E-state index is -4.18. The van der Waals surface area contributed by atoms with E-state index in [1.54, 1.807) is 0 Å². The van der Waals surface area contributed by atoms with Crippen molar-refractivity contribution in [2.75, 3.05) is 6.61 Å². The molecule has 0 rings (SSSR count). The summed E-state index contributed by atoms with van der Waals surface area (Å²) in [5.41, 5.74) is 0. The zero-order valence-corrected chi connectivity index (χ0v) is 21.6. The van der Waals surface area contributed by atoms with E-state index in [2.05, 4.69) is 6.92 Å². The molecule has 0 aromatic carbocycles. The summed E-state index contributed by atoms with van der Waals surface area (Å²) >= 11 is 0. The monoisotopic (exact) mass is 428 g/mol. The maximum atomic E-state index is 11.4. The topological polar surface area (TPSA) is 77.4 Å². The Balaban J connectivity index is 0. The Morgan fingerprint density at radius 3 is 1.29 bits per heavy atom. The van der Waals surface area contributed by atoms with Gasteiger partial charge in [0.25, 0.3) is 0 Å². The molecule has 0 radical (unpaired) electrons. The number of aliphatic hydroxyl groups is 1. The van der Waals surface area contributed by atoms with Crippen LogP contribution in [0.25, 0.3) is 0 Å². The fraction of sp³-hybridized carbons (Fsp3) is 1.00. The van der Waals surface area contributed by atoms with Crippen LogP contribution in [0.1, 0.15) is 129 Å². The van der Waals surface area contributed by atoms with Crippen LogP contribution in [0.4, 0.5) is 0 Å². The largest absolute Gasteiger partial charge is 1.00 e. The third-order valence-electron chi connectivity index (χ3n) is 5.47. The molecular weight excluding hydrogens is 383 g/mol. The molecule has 164 valence electrons. The van der Waals surface area contributed by atoms with Crippen molar-refractivity contribution in [3.8, 4) is 0 Å². The van der Waals surface area contributed by atoms with Gasteiger partial charge in [0.15, 0.2) is 0 Å². The standard InChI is InChI=1S/C22H46O4S.Na/c1-2-3-4-5-6-7-8-9-10-11-12-13-14-16-19-22(27(24,25)26)20-17-15-18-21-23;/h22-23H,2-21H2,1H3,(H,24,25,26);/q;+1/p-1. The van der Waals surface area contributed by atoms with Crippen LogP contribution in [0.2, 0.25) is 0 Å². The van der Waals surface area contributed by atoms with Crippen molar-refractivity contribution in [2.45, 2.75) is 134 Å². The van der Waals surface area contributed by atoms with Gasteiger partial charge in [-0.2, -0.15) is 0 Å². The van der Waals surface area contributed by atoms with Gasteiger partial charge in [0.05, 0.1) is 10.1 Å². The molecule has 0 aromatic heterocycles. The predicted octanol–water partition coefficient (Wildman–Crippen LogP) is 3.33. The minimum absolute atomic E-state index is 0. The normalized spacial score (nSPS) is 12.7. The van der Waals surface area contributed by atoms with Gasteiger partial charge in [0, 0.05) is 11.9 Å². The minimum Gasteiger partial charge on any atom is -0.748 e. The van der Waals surface area contributed by atoms with Gasteiger partial charge in [-0.05, 0) is 19.3 Å². The van der Waals surface area contributed by atoms with E-state index in [0.29, 0.717) is 25.7 Å². The van der Waals surface area contributed by atoms with E-state index >= 15 is 0 Å². The molecule has 0 saturated carbocycles. The Labute approximate surface area is 197 Å². The fourth-order valence-electron chi connectivity index (χ4n) is 3.66. The molecule has 0 spiro atoms. The summed E-state index contributed by atoms with van der Waals surface area (Å²) in [5.74, 6) is 0. The predicted molar refractivity (Wildman–Crippen MR) is 114 cm³/mol. The number of hydrogen-bond donors (Lipinski definition) is 1. The molecule has 6 heteroatoms. The average molecular weight is 429 g/mol. The number of rotatable bonds is 21. The molecule has 0 aliphatic rings. The summed E-state index contributed by atoms with van der Waals surface area (Å²) in [6, 6.07) is 0. The first-order chi connectivity index (χ1) is 13.0. The zero-order valence-electron chi connectivity index (χ0n) is 18.8. The van der Waals surface area contributed by atoms with Gasteiger partial charge in [-0.3, -0.25) is 0 Å². The smallest absolute Gasteiger partial charge is 0.748 e. The summed E-state index contributed by atoms with van der Waals surface area (Å²) in [6.07, 6.45) is 21.0. The van der Waals surface area contributed by atoms with E-state index < -0.39 is 15.4 Å². The molecule has 0 heterocycles. The third-order valence-corrected chi connectivity index (χ3v) is 6.76. The Hall–Kier alpha value is 0.870. The third kappa shape index (κ3) is 21.6. The van der Waals surface area contributed by atoms with Crippen LogP contribution in [0, 0.1) is 0 Å². The zero-order chi connectivity index (χ0) is 20.2. The molecule has 0 aliphatic carbocycles. The number of hydrogen-bond acceptors (Lipinski definition) is 4. The van der Waals surface area contributed by atoms with Gasteiger partial charge in [-0.15, -0.1) is 0 Å². The summed E-state index contributed by atoms with van der Waals surface area (Å²) < 4.78 is 34.1. The second-order valence-electron chi connectivity index (χ2n) is 8.07. The second-order valence-corrected chi connectivity index (χ2v) is 9.72. The van der Waals surface area contributed by atoms with Gasteiger partial charge < -0.3 is 9.66 Å². The second kappa shape index (κ2) is 22.6. The SMILES string of the molecule is CCCCCCCCCCCCCCCCC(CCCCCO)S(=O)(=O)[O-].[Na+]. The maximum Gasteiger partial charge on any atom is 1.00 e. The van der Waals surface area contributed by atoms with E-state index in [4.69, 9.17) is 5.11 Å². The van der Waals surface area contributed by atoms with Crippen molar-refractivity contribution in [2.24, 2.45) is 0 Å². The summed E-state index contributed by atoms with van der Waals surface area (Å²) in [6.45, 7) is 2.39. The van der Waals surface area contributed by atoms with E-state index in [9.17, 15) is 13.0 Å². The van der Waals surface area contributed by atoms with E-state index in [-0.39, 0.29) is 36.2 Å². The van der Waals surface area contributed by atoms with Crippen molar-refractivity contribution in [3.05, 3.63) is 0 Å². The van der Waals surface area contributed by atoms with Crippen LogP contribution in [-0.2, 0) is 10.1 Å². The molecular formula is C22H45NaO4S. The summed E-state index contributed by atoms with van der Waals surface area (Å²) in [7, 11) is -4.18. The van der Waals surface area contributed by atoms with E-state index in [0.717, 1.165) is 25.7 Å². The first-order valence-corrected chi connectivity index (χ1v) is 13.0. The molecule has 4 nitrogen and oxygen atoms in total. The number of unbranched alkanes of at least 4 members (excludes halogenated alkanes) is 15. The van der Waals surface area contributed by atoms with Crippen LogP contribution < -0.4 is 29.6 Å². The Kier molecular flexibility index (Phi) is 25.0. The quantitative estimate of drug-likeness (QED) is 0.173. The molecule has 0 aliphatic heterocycles. The molecule has 1 N–H and O–H groups in total. The van der Waals surface area contributed by atoms with E-state index in [1.165, 1.54) is 70.6 Å².